The minimum atomic E-state index is -3.45. The number of nitrogens with one attached hydrogen (secondary N) is 1. The summed E-state index contributed by atoms with van der Waals surface area (Å²) in [7, 11) is -2.19. The third kappa shape index (κ3) is 6.02. The van der Waals surface area contributed by atoms with Gasteiger partial charge < -0.3 is 15.2 Å². The van der Waals surface area contributed by atoms with Gasteiger partial charge in [-0.2, -0.15) is 4.31 Å². The number of hydrogen-bond donors (Lipinski definition) is 2. The first-order valence-electron chi connectivity index (χ1n) is 8.96. The van der Waals surface area contributed by atoms with Gasteiger partial charge in [0.15, 0.2) is 6.10 Å². The number of carbonyl (C=O) groups is 2. The van der Waals surface area contributed by atoms with Crippen LogP contribution in [0.4, 0.5) is 0 Å². The number of ether oxygens (including phenoxy) is 1. The van der Waals surface area contributed by atoms with Gasteiger partial charge >= 0.3 is 5.97 Å². The molecule has 1 atom stereocenters. The van der Waals surface area contributed by atoms with E-state index in [-0.39, 0.29) is 23.8 Å². The number of carboxylic acid groups (broad SMARTS) is 1. The molecule has 2 N–H and O–H groups in total. The Bertz CT molecular complexity index is 742. The second kappa shape index (κ2) is 9.82. The number of hydrogen-bond acceptors (Lipinski definition) is 5. The molecular formula is C18H26N2O6S. The zero-order valence-corrected chi connectivity index (χ0v) is 16.2. The van der Waals surface area contributed by atoms with Crippen LogP contribution in [-0.2, 0) is 30.8 Å². The van der Waals surface area contributed by atoms with Gasteiger partial charge in [0.05, 0.1) is 11.4 Å². The van der Waals surface area contributed by atoms with Crippen LogP contribution in [0.15, 0.2) is 29.2 Å². The van der Waals surface area contributed by atoms with Crippen molar-refractivity contribution in [1.29, 1.82) is 0 Å². The number of amides is 1. The predicted octanol–water partition coefficient (Wildman–Crippen LogP) is 1.01. The van der Waals surface area contributed by atoms with Crippen LogP contribution in [0.25, 0.3) is 0 Å². The van der Waals surface area contributed by atoms with Gasteiger partial charge in [-0.1, -0.05) is 18.6 Å². The van der Waals surface area contributed by atoms with Crippen molar-refractivity contribution in [2.24, 2.45) is 0 Å². The van der Waals surface area contributed by atoms with E-state index >= 15 is 0 Å². The quantitative estimate of drug-likeness (QED) is 0.642. The van der Waals surface area contributed by atoms with Crippen molar-refractivity contribution in [1.82, 2.24) is 9.62 Å². The lowest BCUT2D eigenvalue weighted by atomic mass is 10.1. The standard InChI is InChI=1S/C18H26N2O6S/c1-26-16(18(22)23)13-19-17(21)10-7-14-5-8-15(9-6-14)27(24,25)20-11-3-2-4-12-20/h5-6,8-9,16H,2-4,7,10-13H2,1H3,(H,19,21)(H,22,23). The molecule has 1 heterocycles. The summed E-state index contributed by atoms with van der Waals surface area (Å²) in [6, 6.07) is 6.56. The molecule has 1 saturated heterocycles. The summed E-state index contributed by atoms with van der Waals surface area (Å²) in [6.45, 7) is 1.02. The number of benzene rings is 1. The van der Waals surface area contributed by atoms with Gasteiger partial charge in [-0.05, 0) is 37.0 Å². The second-order valence-corrected chi connectivity index (χ2v) is 8.41. The fourth-order valence-corrected chi connectivity index (χ4v) is 4.42. The lowest BCUT2D eigenvalue weighted by Gasteiger charge is -2.25. The molecule has 9 heteroatoms. The Morgan fingerprint density at radius 3 is 2.37 bits per heavy atom. The highest BCUT2D eigenvalue weighted by atomic mass is 32.2. The van der Waals surface area contributed by atoms with E-state index in [1.165, 1.54) is 11.4 Å². The van der Waals surface area contributed by atoms with Crippen LogP contribution in [0.2, 0.25) is 0 Å². The van der Waals surface area contributed by atoms with Crippen molar-refractivity contribution in [2.75, 3.05) is 26.7 Å². The monoisotopic (exact) mass is 398 g/mol. The molecule has 1 amide bonds. The van der Waals surface area contributed by atoms with E-state index < -0.39 is 22.1 Å². The molecule has 1 aromatic carbocycles. The van der Waals surface area contributed by atoms with E-state index in [1.54, 1.807) is 24.3 Å². The molecule has 0 saturated carbocycles. The Morgan fingerprint density at radius 2 is 1.81 bits per heavy atom. The van der Waals surface area contributed by atoms with Crippen LogP contribution < -0.4 is 5.32 Å². The number of aliphatic carboxylic acids is 1. The Hall–Kier alpha value is -1.97. The number of piperidine rings is 1. The number of sulfonamides is 1. The van der Waals surface area contributed by atoms with Gasteiger partial charge in [0.1, 0.15) is 0 Å². The van der Waals surface area contributed by atoms with Gasteiger partial charge in [0, 0.05) is 26.6 Å². The third-order valence-electron chi connectivity index (χ3n) is 4.56. The maximum Gasteiger partial charge on any atom is 0.334 e. The average Bonchev–Trinajstić information content (AvgIpc) is 2.67. The van der Waals surface area contributed by atoms with Crippen molar-refractivity contribution in [2.45, 2.75) is 43.1 Å². The van der Waals surface area contributed by atoms with Gasteiger partial charge in [-0.25, -0.2) is 13.2 Å². The summed E-state index contributed by atoms with van der Waals surface area (Å²) in [5.41, 5.74) is 0.837. The zero-order valence-electron chi connectivity index (χ0n) is 15.4. The lowest BCUT2D eigenvalue weighted by Crippen LogP contribution is -2.37. The second-order valence-electron chi connectivity index (χ2n) is 6.48. The molecule has 27 heavy (non-hydrogen) atoms. The molecule has 2 rings (SSSR count). The summed E-state index contributed by atoms with van der Waals surface area (Å²) in [6.07, 6.45) is 2.36. The van der Waals surface area contributed by atoms with Crippen molar-refractivity contribution < 1.29 is 27.9 Å². The highest BCUT2D eigenvalue weighted by molar-refractivity contribution is 7.89. The molecule has 1 aliphatic heterocycles. The Labute approximate surface area is 159 Å². The normalized spacial score (nSPS) is 16.6. The van der Waals surface area contributed by atoms with Crippen LogP contribution in [0.5, 0.6) is 0 Å². The molecule has 0 aliphatic carbocycles. The zero-order chi connectivity index (χ0) is 19.9. The largest absolute Gasteiger partial charge is 0.479 e. The fourth-order valence-electron chi connectivity index (χ4n) is 2.91. The van der Waals surface area contributed by atoms with Gasteiger partial charge in [0.2, 0.25) is 15.9 Å². The van der Waals surface area contributed by atoms with E-state index in [0.717, 1.165) is 24.8 Å². The molecule has 0 aromatic heterocycles. The predicted molar refractivity (Wildman–Crippen MR) is 98.8 cm³/mol. The molecule has 8 nitrogen and oxygen atoms in total. The number of aryl methyl sites for hydroxylation is 1. The first-order chi connectivity index (χ1) is 12.8. The maximum absolute atomic E-state index is 12.6. The van der Waals surface area contributed by atoms with Gasteiger partial charge in [0.25, 0.3) is 0 Å². The fraction of sp³-hybridized carbons (Fsp3) is 0.556. The van der Waals surface area contributed by atoms with Gasteiger partial charge in [-0.3, -0.25) is 4.79 Å². The van der Waals surface area contributed by atoms with Crippen molar-refractivity contribution in [3.05, 3.63) is 29.8 Å². The van der Waals surface area contributed by atoms with Gasteiger partial charge in [-0.15, -0.1) is 0 Å². The van der Waals surface area contributed by atoms with E-state index in [1.807, 2.05) is 0 Å². The van der Waals surface area contributed by atoms with Crippen LogP contribution >= 0.6 is 0 Å². The molecular weight excluding hydrogens is 372 g/mol. The van der Waals surface area contributed by atoms with E-state index in [4.69, 9.17) is 9.84 Å². The van der Waals surface area contributed by atoms with Crippen molar-refractivity contribution in [3.8, 4) is 0 Å². The molecule has 0 bridgehead atoms. The lowest BCUT2D eigenvalue weighted by molar-refractivity contribution is -0.148. The number of carbonyl (C=O) groups excluding carboxylic acids is 1. The summed E-state index contributed by atoms with van der Waals surface area (Å²) >= 11 is 0. The summed E-state index contributed by atoms with van der Waals surface area (Å²) < 4.78 is 31.5. The smallest absolute Gasteiger partial charge is 0.334 e. The Morgan fingerprint density at radius 1 is 1.19 bits per heavy atom. The Balaban J connectivity index is 1.86. The van der Waals surface area contributed by atoms with Crippen molar-refractivity contribution in [3.63, 3.8) is 0 Å². The number of nitrogens with zero attached hydrogens (tertiary/aromatic N) is 1. The molecule has 1 aliphatic rings. The van der Waals surface area contributed by atoms with Crippen LogP contribution in [0.1, 0.15) is 31.2 Å². The van der Waals surface area contributed by atoms with E-state index in [9.17, 15) is 18.0 Å². The van der Waals surface area contributed by atoms with Crippen LogP contribution in [-0.4, -0.2) is 62.6 Å². The van der Waals surface area contributed by atoms with E-state index in [0.29, 0.717) is 19.5 Å². The molecule has 1 aromatic rings. The highest BCUT2D eigenvalue weighted by Gasteiger charge is 2.25. The average molecular weight is 398 g/mol. The summed E-state index contributed by atoms with van der Waals surface area (Å²) in [5, 5.41) is 11.4. The first kappa shape index (κ1) is 21.3. The third-order valence-corrected chi connectivity index (χ3v) is 6.47. The molecule has 0 radical (unpaired) electrons. The molecule has 1 fully saturated rings. The summed E-state index contributed by atoms with van der Waals surface area (Å²) in [4.78, 5) is 22.9. The highest BCUT2D eigenvalue weighted by Crippen LogP contribution is 2.21. The van der Waals surface area contributed by atoms with Crippen molar-refractivity contribution >= 4 is 21.9 Å². The van der Waals surface area contributed by atoms with E-state index in [2.05, 4.69) is 5.32 Å². The van der Waals surface area contributed by atoms with Crippen LogP contribution in [0.3, 0.4) is 0 Å². The maximum atomic E-state index is 12.6. The minimum absolute atomic E-state index is 0.0995. The topological polar surface area (TPSA) is 113 Å². The molecule has 1 unspecified atom stereocenters. The molecule has 0 spiro atoms. The summed E-state index contributed by atoms with van der Waals surface area (Å²) in [5.74, 6) is -1.42. The number of rotatable bonds is 9. The number of methoxy groups -OCH3 is 1. The first-order valence-corrected chi connectivity index (χ1v) is 10.4. The SMILES string of the molecule is COC(CNC(=O)CCc1ccc(S(=O)(=O)N2CCCCC2)cc1)C(=O)O. The minimum Gasteiger partial charge on any atom is -0.479 e. The number of carboxylic acids is 1. The Kier molecular flexibility index (Phi) is 7.76. The van der Waals surface area contributed by atoms with Crippen LogP contribution in [0, 0.1) is 0 Å². The molecule has 150 valence electrons.